The highest BCUT2D eigenvalue weighted by Gasteiger charge is 2.15. The highest BCUT2D eigenvalue weighted by atomic mass is 79.9. The van der Waals surface area contributed by atoms with Crippen LogP contribution in [0.2, 0.25) is 0 Å². The van der Waals surface area contributed by atoms with Crippen molar-refractivity contribution in [3.8, 4) is 0 Å². The predicted octanol–water partition coefficient (Wildman–Crippen LogP) is -0.127. The third-order valence-electron chi connectivity index (χ3n) is 2.78. The molecule has 0 amide bonds. The molecule has 0 heterocycles. The van der Waals surface area contributed by atoms with E-state index in [0.29, 0.717) is 32.8 Å². The van der Waals surface area contributed by atoms with E-state index < -0.39 is 0 Å². The van der Waals surface area contributed by atoms with Crippen molar-refractivity contribution in [3.05, 3.63) is 0 Å². The van der Waals surface area contributed by atoms with Crippen molar-refractivity contribution < 1.29 is 24.0 Å². The zero-order chi connectivity index (χ0) is 16.3. The first-order valence-electron chi connectivity index (χ1n) is 7.03. The molecule has 0 aromatic carbocycles. The van der Waals surface area contributed by atoms with Crippen molar-refractivity contribution in [1.29, 1.82) is 0 Å². The van der Waals surface area contributed by atoms with Gasteiger partial charge in [-0.25, -0.2) is 0 Å². The number of quaternary nitrogens is 1. The maximum absolute atomic E-state index is 11.3. The Kier molecular flexibility index (Phi) is 12.3. The summed E-state index contributed by atoms with van der Waals surface area (Å²) in [6.07, 6.45) is 0.876. The lowest BCUT2D eigenvalue weighted by molar-refractivity contribution is -0.900. The van der Waals surface area contributed by atoms with E-state index in [-0.39, 0.29) is 21.6 Å². The number of ether oxygens (including phenoxy) is 2. The Morgan fingerprint density at radius 1 is 1.00 bits per heavy atom. The van der Waals surface area contributed by atoms with Gasteiger partial charge in [-0.2, -0.15) is 0 Å². The second-order valence-electron chi connectivity index (χ2n) is 4.71. The van der Waals surface area contributed by atoms with Gasteiger partial charge in [0.05, 0.1) is 6.54 Å². The molecule has 2 atom stereocenters. The number of halogens is 2. The number of nitrogens with two attached hydrogens (primary N) is 1. The molecule has 0 saturated heterocycles. The Bertz CT molecular complexity index is 289. The third-order valence-corrected chi connectivity index (χ3v) is 3.53. The van der Waals surface area contributed by atoms with E-state index in [0.717, 1.165) is 13.0 Å². The van der Waals surface area contributed by atoms with Gasteiger partial charge in [-0.1, -0.05) is 31.9 Å². The fourth-order valence-corrected chi connectivity index (χ4v) is 1.81. The Balaban J connectivity index is 4.02. The van der Waals surface area contributed by atoms with Crippen LogP contribution in [-0.4, -0.2) is 61.0 Å². The molecule has 124 valence electrons. The van der Waals surface area contributed by atoms with E-state index >= 15 is 0 Å². The first-order valence-corrected chi connectivity index (χ1v) is 8.86. The van der Waals surface area contributed by atoms with Crippen molar-refractivity contribution in [3.63, 3.8) is 0 Å². The van der Waals surface area contributed by atoms with Gasteiger partial charge in [0.1, 0.15) is 36.0 Å². The zero-order valence-electron chi connectivity index (χ0n) is 12.6. The van der Waals surface area contributed by atoms with Crippen LogP contribution in [0.25, 0.3) is 0 Å². The van der Waals surface area contributed by atoms with E-state index in [4.69, 9.17) is 15.2 Å². The highest BCUT2D eigenvalue weighted by Crippen LogP contribution is 1.99. The lowest BCUT2D eigenvalue weighted by Gasteiger charge is -2.19. The molecule has 0 aromatic heterocycles. The molecule has 0 spiro atoms. The molecule has 6 nitrogen and oxygen atoms in total. The summed E-state index contributed by atoms with van der Waals surface area (Å²) >= 11 is 6.32. The number of hydrogen-bond acceptors (Lipinski definition) is 5. The molecule has 0 fully saturated rings. The summed E-state index contributed by atoms with van der Waals surface area (Å²) in [6, 6.07) is 0. The average Bonchev–Trinajstić information content (AvgIpc) is 2.43. The summed E-state index contributed by atoms with van der Waals surface area (Å²) in [5.74, 6) is -0.541. The van der Waals surface area contributed by atoms with Crippen LogP contribution in [0.1, 0.15) is 20.3 Å². The summed E-state index contributed by atoms with van der Waals surface area (Å²) in [5, 5.41) is 0. The fourth-order valence-electron chi connectivity index (χ4n) is 1.55. The van der Waals surface area contributed by atoms with Gasteiger partial charge in [0.25, 0.3) is 0 Å². The minimum Gasteiger partial charge on any atom is -0.459 e. The van der Waals surface area contributed by atoms with E-state index in [9.17, 15) is 9.59 Å². The lowest BCUT2D eigenvalue weighted by Crippen LogP contribution is -3.13. The van der Waals surface area contributed by atoms with Crippen LogP contribution in [0.15, 0.2) is 0 Å². The van der Waals surface area contributed by atoms with Gasteiger partial charge >= 0.3 is 11.9 Å². The largest absolute Gasteiger partial charge is 0.459 e. The number of alkyl halides is 2. The highest BCUT2D eigenvalue weighted by molar-refractivity contribution is 9.10. The summed E-state index contributed by atoms with van der Waals surface area (Å²) in [5.41, 5.74) is 5.51. The van der Waals surface area contributed by atoms with Gasteiger partial charge < -0.3 is 20.1 Å². The van der Waals surface area contributed by atoms with Crippen molar-refractivity contribution >= 4 is 43.8 Å². The first kappa shape index (κ1) is 20.8. The van der Waals surface area contributed by atoms with Gasteiger partial charge in [-0.3, -0.25) is 9.59 Å². The maximum atomic E-state index is 11.3. The molecular formula is C13H25Br2N2O4+. The average molecular weight is 433 g/mol. The molecule has 0 aliphatic heterocycles. The molecule has 0 rings (SSSR count). The van der Waals surface area contributed by atoms with Gasteiger partial charge in [0.15, 0.2) is 0 Å². The molecule has 21 heavy (non-hydrogen) atoms. The maximum Gasteiger partial charge on any atom is 0.319 e. The third kappa shape index (κ3) is 11.1. The van der Waals surface area contributed by atoms with Gasteiger partial charge in [0.2, 0.25) is 0 Å². The zero-order valence-corrected chi connectivity index (χ0v) is 15.7. The molecule has 0 aliphatic carbocycles. The second-order valence-corrected chi connectivity index (χ2v) is 7.46. The van der Waals surface area contributed by atoms with Crippen LogP contribution in [0.3, 0.4) is 0 Å². The van der Waals surface area contributed by atoms with E-state index in [1.807, 2.05) is 0 Å². The summed E-state index contributed by atoms with van der Waals surface area (Å²) in [7, 11) is 0. The number of carbonyl (C=O) groups is 2. The van der Waals surface area contributed by atoms with Gasteiger partial charge in [0, 0.05) is 6.42 Å². The van der Waals surface area contributed by atoms with Crippen LogP contribution < -0.4 is 10.6 Å². The SMILES string of the molecule is CC(Br)C(=O)OCC[NH+](CCCN)CCOC(=O)C(C)Br. The molecule has 0 saturated carbocycles. The smallest absolute Gasteiger partial charge is 0.319 e. The Labute approximate surface area is 143 Å². The van der Waals surface area contributed by atoms with Crippen molar-refractivity contribution in [2.24, 2.45) is 5.73 Å². The molecule has 0 bridgehead atoms. The lowest BCUT2D eigenvalue weighted by atomic mass is 10.3. The second kappa shape index (κ2) is 12.4. The predicted molar refractivity (Wildman–Crippen MR) is 87.9 cm³/mol. The van der Waals surface area contributed by atoms with E-state index in [1.165, 1.54) is 4.90 Å². The standard InChI is InChI=1S/C13H24Br2N2O4/c1-10(14)12(18)20-8-6-17(5-3-4-16)7-9-21-13(19)11(2)15/h10-11H,3-9,16H2,1-2H3/p+1. The van der Waals surface area contributed by atoms with Crippen molar-refractivity contribution in [2.75, 3.05) is 39.4 Å². The minimum atomic E-state index is -0.300. The van der Waals surface area contributed by atoms with Crippen LogP contribution in [0.5, 0.6) is 0 Å². The Morgan fingerprint density at radius 3 is 1.76 bits per heavy atom. The quantitative estimate of drug-likeness (QED) is 0.351. The van der Waals surface area contributed by atoms with Gasteiger partial charge in [-0.15, -0.1) is 0 Å². The summed E-state index contributed by atoms with van der Waals surface area (Å²) in [6.45, 7) is 6.96. The summed E-state index contributed by atoms with van der Waals surface area (Å²) < 4.78 is 10.3. The number of esters is 2. The molecule has 0 radical (unpaired) electrons. The topological polar surface area (TPSA) is 83.1 Å². The van der Waals surface area contributed by atoms with E-state index in [1.54, 1.807) is 13.8 Å². The molecule has 2 unspecified atom stereocenters. The molecule has 8 heteroatoms. The normalized spacial score (nSPS) is 15.1. The monoisotopic (exact) mass is 431 g/mol. The number of carbonyl (C=O) groups excluding carboxylic acids is 2. The van der Waals surface area contributed by atoms with Gasteiger partial charge in [-0.05, 0) is 20.4 Å². The van der Waals surface area contributed by atoms with Crippen LogP contribution >= 0.6 is 31.9 Å². The summed E-state index contributed by atoms with van der Waals surface area (Å²) in [4.78, 5) is 23.3. The van der Waals surface area contributed by atoms with Crippen LogP contribution in [-0.2, 0) is 19.1 Å². The number of nitrogens with one attached hydrogen (secondary N) is 1. The van der Waals surface area contributed by atoms with Crippen molar-refractivity contribution in [1.82, 2.24) is 0 Å². The minimum absolute atomic E-state index is 0.271. The number of rotatable bonds is 11. The molecule has 0 aromatic rings. The fraction of sp³-hybridized carbons (Fsp3) is 0.846. The van der Waals surface area contributed by atoms with Crippen molar-refractivity contribution in [2.45, 2.75) is 29.9 Å². The first-order chi connectivity index (χ1) is 9.88. The van der Waals surface area contributed by atoms with Crippen LogP contribution in [0, 0.1) is 0 Å². The van der Waals surface area contributed by atoms with Crippen LogP contribution in [0.4, 0.5) is 0 Å². The molecule has 3 N–H and O–H groups in total. The molecule has 0 aliphatic rings. The Morgan fingerprint density at radius 2 is 1.43 bits per heavy atom. The number of hydrogen-bond donors (Lipinski definition) is 2. The Hall–Kier alpha value is -0.180. The molecular weight excluding hydrogens is 408 g/mol. The van der Waals surface area contributed by atoms with E-state index in [2.05, 4.69) is 31.9 Å².